The number of nitrogens with zero attached hydrogens (tertiary/aromatic N) is 4. The molecular weight excluding hydrogens is 526 g/mol. The van der Waals surface area contributed by atoms with Crippen molar-refractivity contribution in [3.05, 3.63) is 71.7 Å². The van der Waals surface area contributed by atoms with Crippen LogP contribution < -0.4 is 5.73 Å². The van der Waals surface area contributed by atoms with Crippen LogP contribution in [0.15, 0.2) is 70.3 Å². The van der Waals surface area contributed by atoms with Crippen LogP contribution in [-0.2, 0) is 31.0 Å². The number of benzene rings is 2. The molecule has 202 valence electrons. The van der Waals surface area contributed by atoms with Gasteiger partial charge >= 0.3 is 0 Å². The van der Waals surface area contributed by atoms with E-state index >= 15 is 0 Å². The van der Waals surface area contributed by atoms with Crippen molar-refractivity contribution in [2.24, 2.45) is 0 Å². The zero-order valence-corrected chi connectivity index (χ0v) is 23.2. The van der Waals surface area contributed by atoms with E-state index in [4.69, 9.17) is 15.5 Å². The van der Waals surface area contributed by atoms with E-state index in [9.17, 15) is 16.8 Å². The Morgan fingerprint density at radius 3 is 2.26 bits per heavy atom. The van der Waals surface area contributed by atoms with Gasteiger partial charge in [0, 0.05) is 43.1 Å². The first-order valence-corrected chi connectivity index (χ1v) is 15.5. The van der Waals surface area contributed by atoms with Crippen molar-refractivity contribution in [3.8, 4) is 11.4 Å². The van der Waals surface area contributed by atoms with Crippen molar-refractivity contribution in [2.75, 3.05) is 51.5 Å². The molecule has 0 spiro atoms. The van der Waals surface area contributed by atoms with Crippen molar-refractivity contribution >= 4 is 31.6 Å². The van der Waals surface area contributed by atoms with Gasteiger partial charge in [0.15, 0.2) is 11.7 Å². The molecule has 0 amide bonds. The Kier molecular flexibility index (Phi) is 8.05. The smallest absolute Gasteiger partial charge is 0.206 e. The molecule has 1 aromatic heterocycles. The quantitative estimate of drug-likeness (QED) is 0.395. The monoisotopic (exact) mass is 557 g/mol. The van der Waals surface area contributed by atoms with Crippen LogP contribution in [0.5, 0.6) is 0 Å². The van der Waals surface area contributed by atoms with Crippen LogP contribution in [0.2, 0.25) is 0 Å². The molecule has 0 saturated heterocycles. The molecule has 4 rings (SSSR count). The third kappa shape index (κ3) is 6.32. The second-order valence-electron chi connectivity index (χ2n) is 9.18. The summed E-state index contributed by atoms with van der Waals surface area (Å²) in [6.07, 6.45) is 3.02. The van der Waals surface area contributed by atoms with Crippen molar-refractivity contribution in [2.45, 2.75) is 16.3 Å². The molecule has 1 aliphatic rings. The SMILES string of the molecule is COC1=Cc2c(N)nc(-c3ccc(S(=O)(=O)c4ccccc4)cc3)nc2CN1CCN(C)CCS(C)(=O)=O. The zero-order chi connectivity index (χ0) is 27.5. The van der Waals surface area contributed by atoms with Crippen LogP contribution in [-0.4, -0.2) is 82.4 Å². The number of methoxy groups -OCH3 is 1. The molecule has 10 nitrogen and oxygen atoms in total. The second-order valence-corrected chi connectivity index (χ2v) is 13.4. The molecule has 1 aliphatic heterocycles. The Labute approximate surface area is 223 Å². The lowest BCUT2D eigenvalue weighted by Gasteiger charge is -2.31. The van der Waals surface area contributed by atoms with E-state index in [0.29, 0.717) is 60.5 Å². The molecule has 0 aliphatic carbocycles. The van der Waals surface area contributed by atoms with Crippen molar-refractivity contribution in [1.82, 2.24) is 19.8 Å². The fourth-order valence-electron chi connectivity index (χ4n) is 4.04. The molecule has 0 radical (unpaired) electrons. The zero-order valence-electron chi connectivity index (χ0n) is 21.5. The van der Waals surface area contributed by atoms with E-state index in [2.05, 4.69) is 4.98 Å². The molecule has 3 aromatic rings. The number of sulfone groups is 2. The topological polar surface area (TPSA) is 136 Å². The Balaban J connectivity index is 1.54. The normalized spacial score (nSPS) is 13.8. The molecule has 12 heteroatoms. The summed E-state index contributed by atoms with van der Waals surface area (Å²) in [7, 11) is -3.22. The van der Waals surface area contributed by atoms with Crippen molar-refractivity contribution in [1.29, 1.82) is 0 Å². The molecule has 0 atom stereocenters. The fraction of sp³-hybridized carbons (Fsp3) is 0.308. The fourth-order valence-corrected chi connectivity index (χ4v) is 5.96. The van der Waals surface area contributed by atoms with E-state index < -0.39 is 19.7 Å². The minimum atomic E-state index is -3.63. The Morgan fingerprint density at radius 1 is 0.974 bits per heavy atom. The van der Waals surface area contributed by atoms with Gasteiger partial charge in [-0.15, -0.1) is 0 Å². The largest absolute Gasteiger partial charge is 0.482 e. The molecule has 0 saturated carbocycles. The summed E-state index contributed by atoms with van der Waals surface area (Å²) in [6.45, 7) is 2.07. The van der Waals surface area contributed by atoms with Crippen LogP contribution in [0.1, 0.15) is 11.3 Å². The summed E-state index contributed by atoms with van der Waals surface area (Å²) >= 11 is 0. The first kappa shape index (κ1) is 27.6. The summed E-state index contributed by atoms with van der Waals surface area (Å²) < 4.78 is 54.3. The van der Waals surface area contributed by atoms with Crippen LogP contribution in [0.25, 0.3) is 17.5 Å². The van der Waals surface area contributed by atoms with Gasteiger partial charge in [-0.3, -0.25) is 0 Å². The van der Waals surface area contributed by atoms with Gasteiger partial charge in [0.2, 0.25) is 9.84 Å². The molecule has 2 aromatic carbocycles. The highest BCUT2D eigenvalue weighted by molar-refractivity contribution is 7.91. The Bertz CT molecular complexity index is 1540. The lowest BCUT2D eigenvalue weighted by atomic mass is 10.1. The molecule has 38 heavy (non-hydrogen) atoms. The van der Waals surface area contributed by atoms with Crippen molar-refractivity contribution < 1.29 is 21.6 Å². The van der Waals surface area contributed by atoms with Crippen LogP contribution in [0, 0.1) is 0 Å². The molecule has 2 N–H and O–H groups in total. The number of rotatable bonds is 10. The first-order valence-electron chi connectivity index (χ1n) is 11.9. The van der Waals surface area contributed by atoms with Gasteiger partial charge in [-0.05, 0) is 43.4 Å². The number of hydrogen-bond donors (Lipinski definition) is 1. The predicted octanol–water partition coefficient (Wildman–Crippen LogP) is 2.30. The second kappa shape index (κ2) is 11.1. The van der Waals surface area contributed by atoms with Gasteiger partial charge < -0.3 is 20.3 Å². The first-order chi connectivity index (χ1) is 18.0. The minimum absolute atomic E-state index is 0.0951. The van der Waals surface area contributed by atoms with Gasteiger partial charge in [-0.2, -0.15) is 0 Å². The highest BCUT2D eigenvalue weighted by Crippen LogP contribution is 2.30. The third-order valence-corrected chi connectivity index (χ3v) is 8.96. The van der Waals surface area contributed by atoms with Gasteiger partial charge in [0.1, 0.15) is 15.7 Å². The number of anilines is 1. The van der Waals surface area contributed by atoms with Gasteiger partial charge in [0.05, 0.1) is 34.9 Å². The van der Waals surface area contributed by atoms with Gasteiger partial charge in [-0.25, -0.2) is 26.8 Å². The summed E-state index contributed by atoms with van der Waals surface area (Å²) in [4.78, 5) is 13.6. The number of likely N-dealkylation sites (N-methyl/N-ethyl adjacent to an activating group) is 1. The number of nitrogen functional groups attached to an aromatic ring is 1. The number of hydrogen-bond acceptors (Lipinski definition) is 10. The third-order valence-electron chi connectivity index (χ3n) is 6.26. The van der Waals surface area contributed by atoms with Gasteiger partial charge in [0.25, 0.3) is 0 Å². The predicted molar refractivity (Wildman–Crippen MR) is 146 cm³/mol. The molecule has 0 fully saturated rings. The summed E-state index contributed by atoms with van der Waals surface area (Å²) in [6, 6.07) is 14.7. The van der Waals surface area contributed by atoms with E-state index in [-0.39, 0.29) is 15.5 Å². The van der Waals surface area contributed by atoms with E-state index in [1.807, 2.05) is 16.8 Å². The highest BCUT2D eigenvalue weighted by Gasteiger charge is 2.24. The molecular formula is C26H31N5O5S2. The lowest BCUT2D eigenvalue weighted by molar-refractivity contribution is 0.136. The summed E-state index contributed by atoms with van der Waals surface area (Å²) in [5.74, 6) is 1.40. The molecule has 0 unspecified atom stereocenters. The average molecular weight is 558 g/mol. The summed E-state index contributed by atoms with van der Waals surface area (Å²) in [5.41, 5.74) is 8.32. The highest BCUT2D eigenvalue weighted by atomic mass is 32.2. The molecule has 2 heterocycles. The maximum atomic E-state index is 12.9. The number of ether oxygens (including phenoxy) is 1. The van der Waals surface area contributed by atoms with E-state index in [0.717, 1.165) is 0 Å². The minimum Gasteiger partial charge on any atom is -0.482 e. The van der Waals surface area contributed by atoms with E-state index in [1.54, 1.807) is 55.7 Å². The van der Waals surface area contributed by atoms with E-state index in [1.165, 1.54) is 18.4 Å². The van der Waals surface area contributed by atoms with Crippen LogP contribution in [0.4, 0.5) is 5.82 Å². The standard InChI is InChI=1S/C26H31N5O5S2/c1-30(15-16-37(3,32)33)13-14-31-18-23-22(17-24(31)36-2)25(27)29-26(28-23)19-9-11-21(12-10-19)38(34,35)20-7-5-4-6-8-20/h4-12,17H,13-16,18H2,1-3H3,(H2,27,28,29). The van der Waals surface area contributed by atoms with Crippen LogP contribution in [0.3, 0.4) is 0 Å². The molecule has 0 bridgehead atoms. The van der Waals surface area contributed by atoms with Crippen LogP contribution >= 0.6 is 0 Å². The number of fused-ring (bicyclic) bond motifs is 1. The lowest BCUT2D eigenvalue weighted by Crippen LogP contribution is -2.36. The Hall–Kier alpha value is -3.48. The maximum Gasteiger partial charge on any atom is 0.206 e. The average Bonchev–Trinajstić information content (AvgIpc) is 2.90. The number of aromatic nitrogens is 2. The van der Waals surface area contributed by atoms with Gasteiger partial charge in [-0.1, -0.05) is 18.2 Å². The summed E-state index contributed by atoms with van der Waals surface area (Å²) in [5, 5.41) is 0. The Morgan fingerprint density at radius 2 is 1.63 bits per heavy atom. The maximum absolute atomic E-state index is 12.9. The van der Waals surface area contributed by atoms with Crippen molar-refractivity contribution in [3.63, 3.8) is 0 Å². The number of nitrogens with two attached hydrogens (primary N) is 1.